The summed E-state index contributed by atoms with van der Waals surface area (Å²) in [4.78, 5) is 27.8. The monoisotopic (exact) mass is 297 g/mol. The van der Waals surface area contributed by atoms with Crippen molar-refractivity contribution in [3.05, 3.63) is 0 Å². The van der Waals surface area contributed by atoms with Gasteiger partial charge in [-0.3, -0.25) is 0 Å². The number of hydrogen-bond acceptors (Lipinski definition) is 3. The molecule has 2 N–H and O–H groups in total. The number of aliphatic carboxylic acids is 1. The Bertz CT molecular complexity index is 361. The van der Waals surface area contributed by atoms with Gasteiger partial charge in [0.1, 0.15) is 6.04 Å². The maximum absolute atomic E-state index is 12.3. The first-order valence-electron chi connectivity index (χ1n) is 8.12. The molecule has 2 fully saturated rings. The average molecular weight is 297 g/mol. The van der Waals surface area contributed by atoms with Crippen molar-refractivity contribution < 1.29 is 14.7 Å². The molecule has 1 aliphatic heterocycles. The lowest BCUT2D eigenvalue weighted by atomic mass is 9.84. The molecule has 120 valence electrons. The lowest BCUT2D eigenvalue weighted by Gasteiger charge is -2.35. The van der Waals surface area contributed by atoms with Crippen LogP contribution in [0.25, 0.3) is 0 Å². The molecule has 2 rings (SSSR count). The van der Waals surface area contributed by atoms with Crippen LogP contribution in [-0.4, -0.2) is 65.7 Å². The van der Waals surface area contributed by atoms with Crippen LogP contribution in [0.2, 0.25) is 0 Å². The third-order valence-corrected chi connectivity index (χ3v) is 4.77. The van der Waals surface area contributed by atoms with Crippen LogP contribution >= 0.6 is 0 Å². The van der Waals surface area contributed by atoms with Gasteiger partial charge in [-0.1, -0.05) is 26.2 Å². The summed E-state index contributed by atoms with van der Waals surface area (Å²) in [6.07, 6.45) is 5.12. The SMILES string of the molecule is CCN1CCN(C(=O)NC(C(=O)O)C2CCCCC2)CC1. The molecule has 1 saturated heterocycles. The lowest BCUT2D eigenvalue weighted by molar-refractivity contribution is -0.141. The molecular weight excluding hydrogens is 270 g/mol. The van der Waals surface area contributed by atoms with E-state index in [9.17, 15) is 14.7 Å². The molecule has 6 nitrogen and oxygen atoms in total. The number of amides is 2. The Morgan fingerprint density at radius 2 is 1.76 bits per heavy atom. The Morgan fingerprint density at radius 3 is 2.29 bits per heavy atom. The van der Waals surface area contributed by atoms with Gasteiger partial charge >= 0.3 is 12.0 Å². The highest BCUT2D eigenvalue weighted by Crippen LogP contribution is 2.26. The molecule has 1 saturated carbocycles. The summed E-state index contributed by atoms with van der Waals surface area (Å²) < 4.78 is 0. The number of hydrogen-bond donors (Lipinski definition) is 2. The van der Waals surface area contributed by atoms with Gasteiger partial charge in [-0.05, 0) is 25.3 Å². The zero-order chi connectivity index (χ0) is 15.2. The number of likely N-dealkylation sites (N-methyl/N-ethyl adjacent to an activating group) is 1. The summed E-state index contributed by atoms with van der Waals surface area (Å²) >= 11 is 0. The molecule has 1 aliphatic carbocycles. The molecule has 1 heterocycles. The summed E-state index contributed by atoms with van der Waals surface area (Å²) in [6.45, 7) is 6.19. The molecule has 21 heavy (non-hydrogen) atoms. The van der Waals surface area contributed by atoms with E-state index in [0.717, 1.165) is 45.3 Å². The van der Waals surface area contributed by atoms with Gasteiger partial charge in [-0.15, -0.1) is 0 Å². The predicted octanol–water partition coefficient (Wildman–Crippen LogP) is 1.37. The van der Waals surface area contributed by atoms with E-state index in [1.807, 2.05) is 0 Å². The normalized spacial score (nSPS) is 22.8. The second-order valence-electron chi connectivity index (χ2n) is 6.08. The van der Waals surface area contributed by atoms with Crippen LogP contribution in [0.15, 0.2) is 0 Å². The first-order valence-corrected chi connectivity index (χ1v) is 8.12. The molecule has 0 radical (unpaired) electrons. The molecule has 2 aliphatic rings. The second kappa shape index (κ2) is 7.64. The summed E-state index contributed by atoms with van der Waals surface area (Å²) in [5.41, 5.74) is 0. The van der Waals surface area contributed by atoms with Gasteiger partial charge < -0.3 is 20.2 Å². The predicted molar refractivity (Wildman–Crippen MR) is 80.2 cm³/mol. The van der Waals surface area contributed by atoms with E-state index in [0.29, 0.717) is 13.1 Å². The molecule has 2 amide bonds. The largest absolute Gasteiger partial charge is 0.480 e. The third kappa shape index (κ3) is 4.33. The first kappa shape index (κ1) is 16.1. The highest BCUT2D eigenvalue weighted by molar-refractivity contribution is 5.82. The van der Waals surface area contributed by atoms with Crippen molar-refractivity contribution in [1.29, 1.82) is 0 Å². The minimum Gasteiger partial charge on any atom is -0.480 e. The fraction of sp³-hybridized carbons (Fsp3) is 0.867. The molecule has 0 aromatic heterocycles. The van der Waals surface area contributed by atoms with Crippen LogP contribution in [0.5, 0.6) is 0 Å². The van der Waals surface area contributed by atoms with E-state index in [4.69, 9.17) is 0 Å². The zero-order valence-corrected chi connectivity index (χ0v) is 12.9. The number of nitrogens with one attached hydrogen (secondary N) is 1. The van der Waals surface area contributed by atoms with Crippen molar-refractivity contribution in [3.8, 4) is 0 Å². The maximum atomic E-state index is 12.3. The van der Waals surface area contributed by atoms with Gasteiger partial charge in [-0.2, -0.15) is 0 Å². The quantitative estimate of drug-likeness (QED) is 0.822. The van der Waals surface area contributed by atoms with Gasteiger partial charge in [0, 0.05) is 26.2 Å². The molecule has 0 aromatic carbocycles. The van der Waals surface area contributed by atoms with Crippen LogP contribution in [0.1, 0.15) is 39.0 Å². The maximum Gasteiger partial charge on any atom is 0.326 e. The van der Waals surface area contributed by atoms with Gasteiger partial charge in [0.25, 0.3) is 0 Å². The molecule has 6 heteroatoms. The summed E-state index contributed by atoms with van der Waals surface area (Å²) in [5, 5.41) is 12.2. The molecule has 0 bridgehead atoms. The van der Waals surface area contributed by atoms with Crippen LogP contribution in [0.4, 0.5) is 4.79 Å². The van der Waals surface area contributed by atoms with Gasteiger partial charge in [-0.25, -0.2) is 9.59 Å². The molecule has 0 aromatic rings. The Morgan fingerprint density at radius 1 is 1.14 bits per heavy atom. The summed E-state index contributed by atoms with van der Waals surface area (Å²) in [7, 11) is 0. The van der Waals surface area contributed by atoms with E-state index < -0.39 is 12.0 Å². The number of rotatable bonds is 4. The van der Waals surface area contributed by atoms with Crippen LogP contribution < -0.4 is 5.32 Å². The highest BCUT2D eigenvalue weighted by Gasteiger charge is 2.32. The fourth-order valence-corrected chi connectivity index (χ4v) is 3.34. The van der Waals surface area contributed by atoms with Crippen LogP contribution in [0, 0.1) is 5.92 Å². The number of carbonyl (C=O) groups is 2. The van der Waals surface area contributed by atoms with Crippen molar-refractivity contribution in [1.82, 2.24) is 15.1 Å². The lowest BCUT2D eigenvalue weighted by Crippen LogP contribution is -2.56. The van der Waals surface area contributed by atoms with Crippen molar-refractivity contribution in [2.75, 3.05) is 32.7 Å². The van der Waals surface area contributed by atoms with Crippen molar-refractivity contribution >= 4 is 12.0 Å². The van der Waals surface area contributed by atoms with E-state index >= 15 is 0 Å². The zero-order valence-electron chi connectivity index (χ0n) is 12.9. The van der Waals surface area contributed by atoms with Crippen LogP contribution in [-0.2, 0) is 4.79 Å². The number of nitrogens with zero attached hydrogens (tertiary/aromatic N) is 2. The summed E-state index contributed by atoms with van der Waals surface area (Å²) in [5.74, 6) is -0.820. The number of piperazine rings is 1. The van der Waals surface area contributed by atoms with Crippen LogP contribution in [0.3, 0.4) is 0 Å². The standard InChI is InChI=1S/C15H27N3O3/c1-2-17-8-10-18(11-9-17)15(21)16-13(14(19)20)12-6-4-3-5-7-12/h12-13H,2-11H2,1H3,(H,16,21)(H,19,20). The minimum atomic E-state index is -0.901. The van der Waals surface area contributed by atoms with Crippen molar-refractivity contribution in [2.24, 2.45) is 5.92 Å². The van der Waals surface area contributed by atoms with Gasteiger partial charge in [0.05, 0.1) is 0 Å². The fourth-order valence-electron chi connectivity index (χ4n) is 3.34. The molecule has 0 spiro atoms. The Labute approximate surface area is 126 Å². The first-order chi connectivity index (χ1) is 10.1. The number of carboxylic acid groups (broad SMARTS) is 1. The summed E-state index contributed by atoms with van der Waals surface area (Å²) in [6, 6.07) is -0.953. The van der Waals surface area contributed by atoms with E-state index in [-0.39, 0.29) is 11.9 Å². The number of carbonyl (C=O) groups excluding carboxylic acids is 1. The number of urea groups is 1. The molecule has 1 atom stereocenters. The Kier molecular flexibility index (Phi) is 5.85. The molecule has 1 unspecified atom stereocenters. The third-order valence-electron chi connectivity index (χ3n) is 4.77. The highest BCUT2D eigenvalue weighted by atomic mass is 16.4. The van der Waals surface area contributed by atoms with Crippen molar-refractivity contribution in [3.63, 3.8) is 0 Å². The average Bonchev–Trinajstić information content (AvgIpc) is 2.53. The Hall–Kier alpha value is -1.30. The Balaban J connectivity index is 1.87. The minimum absolute atomic E-state index is 0.0807. The van der Waals surface area contributed by atoms with E-state index in [1.165, 1.54) is 6.42 Å². The van der Waals surface area contributed by atoms with E-state index in [1.54, 1.807) is 4.90 Å². The topological polar surface area (TPSA) is 72.9 Å². The number of carboxylic acids is 1. The van der Waals surface area contributed by atoms with E-state index in [2.05, 4.69) is 17.1 Å². The molecular formula is C15H27N3O3. The smallest absolute Gasteiger partial charge is 0.326 e. The van der Waals surface area contributed by atoms with Gasteiger partial charge in [0.2, 0.25) is 0 Å². The van der Waals surface area contributed by atoms with Crippen molar-refractivity contribution in [2.45, 2.75) is 45.1 Å². The van der Waals surface area contributed by atoms with Gasteiger partial charge in [0.15, 0.2) is 0 Å². The second-order valence-corrected chi connectivity index (χ2v) is 6.08.